The number of carbonyl (C=O) groups excluding carboxylic acids is 1. The van der Waals surface area contributed by atoms with Gasteiger partial charge in [0.1, 0.15) is 6.61 Å². The van der Waals surface area contributed by atoms with Crippen molar-refractivity contribution in [1.29, 1.82) is 5.26 Å². The monoisotopic (exact) mass is 388 g/mol. The van der Waals surface area contributed by atoms with E-state index in [-0.39, 0.29) is 18.3 Å². The fourth-order valence-corrected chi connectivity index (χ4v) is 4.38. The summed E-state index contributed by atoms with van der Waals surface area (Å²) in [5, 5.41) is 21.3. The van der Waals surface area contributed by atoms with Crippen LogP contribution in [0.5, 0.6) is 0 Å². The summed E-state index contributed by atoms with van der Waals surface area (Å²) in [5.41, 5.74) is 1.45. The number of nitrogens with one attached hydrogen (secondary N) is 1. The molecule has 6 nitrogen and oxygen atoms in total. The van der Waals surface area contributed by atoms with Crippen molar-refractivity contribution < 1.29 is 9.53 Å². The standard InChI is InChI=1S/C18H20N4O2S2/c19-10-13-6-8-14(9-7-13)11-24-16(23)12-25-18-22-21-17(26-18)20-15-4-2-1-3-5-15/h6-9,15H,1-5,11-12H2,(H,20,21). The number of hydrogen-bond donors (Lipinski definition) is 1. The van der Waals surface area contributed by atoms with Gasteiger partial charge in [-0.2, -0.15) is 5.26 Å². The summed E-state index contributed by atoms with van der Waals surface area (Å²) in [4.78, 5) is 11.9. The Labute approximate surface area is 161 Å². The summed E-state index contributed by atoms with van der Waals surface area (Å²) >= 11 is 2.82. The van der Waals surface area contributed by atoms with Gasteiger partial charge < -0.3 is 10.1 Å². The molecule has 0 spiro atoms. The van der Waals surface area contributed by atoms with Crippen molar-refractivity contribution in [1.82, 2.24) is 10.2 Å². The zero-order valence-electron chi connectivity index (χ0n) is 14.3. The van der Waals surface area contributed by atoms with E-state index >= 15 is 0 Å². The second-order valence-corrected chi connectivity index (χ2v) is 8.31. The Morgan fingerprint density at radius 1 is 1.27 bits per heavy atom. The second kappa shape index (κ2) is 9.55. The number of nitriles is 1. The largest absolute Gasteiger partial charge is 0.460 e. The summed E-state index contributed by atoms with van der Waals surface area (Å²) in [6.07, 6.45) is 6.22. The van der Waals surface area contributed by atoms with E-state index in [1.165, 1.54) is 55.2 Å². The van der Waals surface area contributed by atoms with E-state index < -0.39 is 0 Å². The minimum atomic E-state index is -0.295. The number of thioether (sulfide) groups is 1. The number of hydrogen-bond acceptors (Lipinski definition) is 8. The van der Waals surface area contributed by atoms with Gasteiger partial charge in [-0.05, 0) is 30.5 Å². The van der Waals surface area contributed by atoms with Crippen molar-refractivity contribution in [3.8, 4) is 6.07 Å². The molecule has 1 fully saturated rings. The predicted molar refractivity (Wildman–Crippen MR) is 102 cm³/mol. The Hall–Kier alpha value is -2.11. The minimum Gasteiger partial charge on any atom is -0.460 e. The minimum absolute atomic E-state index is 0.203. The quantitative estimate of drug-likeness (QED) is 0.567. The highest BCUT2D eigenvalue weighted by Crippen LogP contribution is 2.28. The van der Waals surface area contributed by atoms with Gasteiger partial charge in [-0.15, -0.1) is 10.2 Å². The zero-order valence-corrected chi connectivity index (χ0v) is 15.9. The van der Waals surface area contributed by atoms with Crippen LogP contribution in [-0.4, -0.2) is 28.0 Å². The molecule has 0 unspecified atom stereocenters. The average Bonchev–Trinajstić information content (AvgIpc) is 3.13. The first-order valence-electron chi connectivity index (χ1n) is 8.60. The fraction of sp³-hybridized carbons (Fsp3) is 0.444. The van der Waals surface area contributed by atoms with Crippen molar-refractivity contribution >= 4 is 34.2 Å². The lowest BCUT2D eigenvalue weighted by atomic mass is 9.96. The molecule has 1 aliphatic carbocycles. The van der Waals surface area contributed by atoms with Gasteiger partial charge in [0.2, 0.25) is 5.13 Å². The lowest BCUT2D eigenvalue weighted by molar-refractivity contribution is -0.141. The number of esters is 1. The van der Waals surface area contributed by atoms with E-state index in [4.69, 9.17) is 10.00 Å². The Balaban J connectivity index is 1.39. The molecule has 8 heteroatoms. The van der Waals surface area contributed by atoms with Crippen LogP contribution in [0.1, 0.15) is 43.2 Å². The zero-order chi connectivity index (χ0) is 18.2. The second-order valence-electron chi connectivity index (χ2n) is 6.11. The smallest absolute Gasteiger partial charge is 0.316 e. The number of benzene rings is 1. The average molecular weight is 389 g/mol. The third kappa shape index (κ3) is 5.71. The van der Waals surface area contributed by atoms with Crippen LogP contribution in [0.3, 0.4) is 0 Å². The number of anilines is 1. The molecule has 0 aliphatic heterocycles. The highest BCUT2D eigenvalue weighted by atomic mass is 32.2. The summed E-state index contributed by atoms with van der Waals surface area (Å²) in [7, 11) is 0. The molecule has 0 amide bonds. The van der Waals surface area contributed by atoms with Gasteiger partial charge in [0.05, 0.1) is 17.4 Å². The molecule has 0 atom stereocenters. The van der Waals surface area contributed by atoms with Crippen molar-refractivity contribution in [2.45, 2.75) is 49.1 Å². The predicted octanol–water partition coefficient (Wildman–Crippen LogP) is 3.99. The van der Waals surface area contributed by atoms with E-state index in [1.807, 2.05) is 0 Å². The number of carbonyl (C=O) groups is 1. The highest BCUT2D eigenvalue weighted by molar-refractivity contribution is 8.01. The van der Waals surface area contributed by atoms with Crippen molar-refractivity contribution in [3.63, 3.8) is 0 Å². The Bertz CT molecular complexity index is 764. The van der Waals surface area contributed by atoms with Gasteiger partial charge in [-0.1, -0.05) is 54.5 Å². The molecule has 1 aromatic carbocycles. The van der Waals surface area contributed by atoms with Gasteiger partial charge in [0, 0.05) is 6.04 Å². The van der Waals surface area contributed by atoms with Crippen LogP contribution < -0.4 is 5.32 Å². The SMILES string of the molecule is N#Cc1ccc(COC(=O)CSc2nnc(NC3CCCCC3)s2)cc1. The van der Waals surface area contributed by atoms with Crippen LogP contribution in [-0.2, 0) is 16.1 Å². The molecular formula is C18H20N4O2S2. The molecule has 136 valence electrons. The Kier molecular flexibility index (Phi) is 6.86. The summed E-state index contributed by atoms with van der Waals surface area (Å²) in [6, 6.07) is 9.54. The Morgan fingerprint density at radius 2 is 2.04 bits per heavy atom. The van der Waals surface area contributed by atoms with Crippen LogP contribution in [0.2, 0.25) is 0 Å². The Morgan fingerprint density at radius 3 is 2.77 bits per heavy atom. The number of nitrogens with zero attached hydrogens (tertiary/aromatic N) is 3. The molecule has 1 N–H and O–H groups in total. The molecule has 1 aliphatic rings. The van der Waals surface area contributed by atoms with Crippen LogP contribution >= 0.6 is 23.1 Å². The summed E-state index contributed by atoms with van der Waals surface area (Å²) < 4.78 is 6.01. The molecule has 1 aromatic heterocycles. The lowest BCUT2D eigenvalue weighted by Crippen LogP contribution is -2.21. The summed E-state index contributed by atoms with van der Waals surface area (Å²) in [5.74, 6) is -0.0923. The van der Waals surface area contributed by atoms with Gasteiger partial charge >= 0.3 is 5.97 Å². The van der Waals surface area contributed by atoms with Crippen molar-refractivity contribution in [2.24, 2.45) is 0 Å². The number of aromatic nitrogens is 2. The topological polar surface area (TPSA) is 87.9 Å². The molecule has 0 bridgehead atoms. The maximum absolute atomic E-state index is 11.9. The van der Waals surface area contributed by atoms with Crippen molar-refractivity contribution in [2.75, 3.05) is 11.1 Å². The van der Waals surface area contributed by atoms with E-state index in [2.05, 4.69) is 21.6 Å². The molecule has 1 heterocycles. The van der Waals surface area contributed by atoms with E-state index in [0.717, 1.165) is 15.0 Å². The first-order valence-corrected chi connectivity index (χ1v) is 10.4. The van der Waals surface area contributed by atoms with Crippen LogP contribution in [0, 0.1) is 11.3 Å². The van der Waals surface area contributed by atoms with Crippen LogP contribution in [0.15, 0.2) is 28.6 Å². The van der Waals surface area contributed by atoms with E-state index in [1.54, 1.807) is 24.3 Å². The van der Waals surface area contributed by atoms with Crippen LogP contribution in [0.4, 0.5) is 5.13 Å². The van der Waals surface area contributed by atoms with E-state index in [0.29, 0.717) is 11.6 Å². The first-order chi connectivity index (χ1) is 12.7. The molecule has 3 rings (SSSR count). The number of ether oxygens (including phenoxy) is 1. The number of rotatable bonds is 7. The molecular weight excluding hydrogens is 368 g/mol. The fourth-order valence-electron chi connectivity index (χ4n) is 2.75. The highest BCUT2D eigenvalue weighted by Gasteiger charge is 2.15. The van der Waals surface area contributed by atoms with Gasteiger partial charge in [0.25, 0.3) is 0 Å². The lowest BCUT2D eigenvalue weighted by Gasteiger charge is -2.21. The maximum atomic E-state index is 11.9. The molecule has 26 heavy (non-hydrogen) atoms. The van der Waals surface area contributed by atoms with Gasteiger partial charge in [-0.25, -0.2) is 0 Å². The molecule has 2 aromatic rings. The molecule has 1 saturated carbocycles. The maximum Gasteiger partial charge on any atom is 0.316 e. The molecule has 0 radical (unpaired) electrons. The third-order valence-electron chi connectivity index (χ3n) is 4.14. The normalized spacial score (nSPS) is 14.6. The first kappa shape index (κ1) is 18.7. The van der Waals surface area contributed by atoms with Crippen molar-refractivity contribution in [3.05, 3.63) is 35.4 Å². The van der Waals surface area contributed by atoms with Gasteiger partial charge in [-0.3, -0.25) is 4.79 Å². The molecule has 0 saturated heterocycles. The van der Waals surface area contributed by atoms with Crippen LogP contribution in [0.25, 0.3) is 0 Å². The summed E-state index contributed by atoms with van der Waals surface area (Å²) in [6.45, 7) is 0.204. The van der Waals surface area contributed by atoms with E-state index in [9.17, 15) is 4.79 Å². The third-order valence-corrected chi connectivity index (χ3v) is 6.10. The van der Waals surface area contributed by atoms with Gasteiger partial charge in [0.15, 0.2) is 4.34 Å².